The van der Waals surface area contributed by atoms with Gasteiger partial charge in [0.1, 0.15) is 17.7 Å². The third kappa shape index (κ3) is 2.63. The highest BCUT2D eigenvalue weighted by Gasteiger charge is 2.30. The highest BCUT2D eigenvalue weighted by Crippen LogP contribution is 2.30. The zero-order valence-electron chi connectivity index (χ0n) is 13.8. The molecule has 4 rings (SSSR count). The third-order valence-corrected chi connectivity index (χ3v) is 4.87. The first-order valence-corrected chi connectivity index (χ1v) is 8.33. The molecule has 2 aromatic heterocycles. The molecule has 1 fully saturated rings. The van der Waals surface area contributed by atoms with Crippen LogP contribution in [0, 0.1) is 12.8 Å². The second-order valence-electron chi connectivity index (χ2n) is 6.68. The number of aromatic nitrogens is 4. The monoisotopic (exact) mass is 323 g/mol. The van der Waals surface area contributed by atoms with Gasteiger partial charge in [-0.1, -0.05) is 31.2 Å². The number of H-pyrrole nitrogens is 1. The Morgan fingerprint density at radius 1 is 1.21 bits per heavy atom. The van der Waals surface area contributed by atoms with E-state index in [1.54, 1.807) is 0 Å². The van der Waals surface area contributed by atoms with E-state index in [1.165, 1.54) is 6.33 Å². The topological polar surface area (TPSA) is 86.7 Å². The molecule has 0 aliphatic heterocycles. The number of nitrogens with zero attached hydrogens (tertiary/aromatic N) is 3. The van der Waals surface area contributed by atoms with Crippen LogP contribution in [0.2, 0.25) is 0 Å². The summed E-state index contributed by atoms with van der Waals surface area (Å²) >= 11 is 0. The van der Waals surface area contributed by atoms with E-state index in [9.17, 15) is 5.11 Å². The van der Waals surface area contributed by atoms with E-state index >= 15 is 0 Å². The number of rotatable bonds is 3. The molecule has 124 valence electrons. The van der Waals surface area contributed by atoms with Crippen LogP contribution < -0.4 is 5.32 Å². The fourth-order valence-electron chi connectivity index (χ4n) is 3.44. The molecule has 1 aromatic carbocycles. The Balaban J connectivity index is 1.69. The Morgan fingerprint density at radius 3 is 2.79 bits per heavy atom. The minimum atomic E-state index is -0.246. The van der Waals surface area contributed by atoms with Crippen molar-refractivity contribution in [3.8, 4) is 11.4 Å². The van der Waals surface area contributed by atoms with Crippen LogP contribution in [0.25, 0.3) is 22.6 Å². The number of hydrogen-bond donors (Lipinski definition) is 3. The molecule has 1 aliphatic carbocycles. The second kappa shape index (κ2) is 5.87. The summed E-state index contributed by atoms with van der Waals surface area (Å²) in [4.78, 5) is 16.6. The molecule has 0 saturated heterocycles. The van der Waals surface area contributed by atoms with Crippen LogP contribution in [0.15, 0.2) is 30.6 Å². The zero-order valence-corrected chi connectivity index (χ0v) is 13.8. The molecule has 0 amide bonds. The maximum atomic E-state index is 9.95. The van der Waals surface area contributed by atoms with Gasteiger partial charge in [0.15, 0.2) is 11.5 Å². The number of aliphatic hydroxyl groups excluding tert-OH is 1. The highest BCUT2D eigenvalue weighted by atomic mass is 16.3. The number of benzene rings is 1. The van der Waals surface area contributed by atoms with Gasteiger partial charge in [0, 0.05) is 11.6 Å². The third-order valence-electron chi connectivity index (χ3n) is 4.87. The fraction of sp³-hybridized carbons (Fsp3) is 0.389. The lowest BCUT2D eigenvalue weighted by molar-refractivity contribution is 0.141. The molecule has 0 radical (unpaired) electrons. The van der Waals surface area contributed by atoms with Gasteiger partial charge in [-0.15, -0.1) is 0 Å². The molecule has 24 heavy (non-hydrogen) atoms. The molecule has 1 aliphatic rings. The van der Waals surface area contributed by atoms with Crippen LogP contribution in [0.3, 0.4) is 0 Å². The first-order valence-electron chi connectivity index (χ1n) is 8.33. The van der Waals surface area contributed by atoms with Gasteiger partial charge >= 0.3 is 0 Å². The zero-order chi connectivity index (χ0) is 16.7. The second-order valence-corrected chi connectivity index (χ2v) is 6.68. The molecule has 6 heteroatoms. The number of fused-ring (bicyclic) bond motifs is 1. The van der Waals surface area contributed by atoms with Gasteiger partial charge in [-0.05, 0) is 31.2 Å². The van der Waals surface area contributed by atoms with Crippen molar-refractivity contribution in [2.45, 2.75) is 38.8 Å². The molecule has 3 aromatic rings. The minimum absolute atomic E-state index is 0.221. The van der Waals surface area contributed by atoms with Gasteiger partial charge < -0.3 is 15.4 Å². The van der Waals surface area contributed by atoms with Crippen LogP contribution in [-0.4, -0.2) is 37.2 Å². The first-order chi connectivity index (χ1) is 11.6. The smallest absolute Gasteiger partial charge is 0.183 e. The average Bonchev–Trinajstić information content (AvgIpc) is 3.12. The van der Waals surface area contributed by atoms with Crippen LogP contribution in [0.4, 0.5) is 5.82 Å². The maximum absolute atomic E-state index is 9.95. The van der Waals surface area contributed by atoms with Crippen LogP contribution in [0.5, 0.6) is 0 Å². The van der Waals surface area contributed by atoms with Crippen molar-refractivity contribution in [2.75, 3.05) is 5.32 Å². The van der Waals surface area contributed by atoms with Crippen molar-refractivity contribution < 1.29 is 5.11 Å². The summed E-state index contributed by atoms with van der Waals surface area (Å²) in [6.07, 6.45) is 2.96. The molecule has 0 spiro atoms. The number of aryl methyl sites for hydroxylation is 1. The molecule has 0 unspecified atom stereocenters. The molecule has 6 nitrogen and oxygen atoms in total. The van der Waals surface area contributed by atoms with Gasteiger partial charge in [-0.3, -0.25) is 0 Å². The summed E-state index contributed by atoms with van der Waals surface area (Å²) in [5.41, 5.74) is 3.68. The molecular weight excluding hydrogens is 302 g/mol. The van der Waals surface area contributed by atoms with E-state index in [-0.39, 0.29) is 12.1 Å². The summed E-state index contributed by atoms with van der Waals surface area (Å²) < 4.78 is 0. The summed E-state index contributed by atoms with van der Waals surface area (Å²) in [5, 5.41) is 13.4. The van der Waals surface area contributed by atoms with Gasteiger partial charge in [-0.25, -0.2) is 15.0 Å². The number of hydrogen-bond acceptors (Lipinski definition) is 5. The first kappa shape index (κ1) is 15.1. The summed E-state index contributed by atoms with van der Waals surface area (Å²) in [6, 6.07) is 8.35. The summed E-state index contributed by atoms with van der Waals surface area (Å²) in [6.45, 7) is 4.14. The SMILES string of the molecule is Cc1ccccc1-c1nc2ncnc(N[C@@H]3C[C@H](C)[C@@H](O)C3)c2[nH]1. The molecule has 1 saturated carbocycles. The summed E-state index contributed by atoms with van der Waals surface area (Å²) in [7, 11) is 0. The quantitative estimate of drug-likeness (QED) is 0.690. The Kier molecular flexibility index (Phi) is 3.69. The van der Waals surface area contributed by atoms with Crippen LogP contribution in [0.1, 0.15) is 25.3 Å². The van der Waals surface area contributed by atoms with Crippen molar-refractivity contribution >= 4 is 17.0 Å². The van der Waals surface area contributed by atoms with Gasteiger partial charge in [0.2, 0.25) is 0 Å². The predicted molar refractivity (Wildman–Crippen MR) is 93.7 cm³/mol. The lowest BCUT2D eigenvalue weighted by Gasteiger charge is -2.12. The van der Waals surface area contributed by atoms with E-state index in [2.05, 4.69) is 45.2 Å². The molecule has 0 bridgehead atoms. The van der Waals surface area contributed by atoms with Crippen LogP contribution >= 0.6 is 0 Å². The average molecular weight is 323 g/mol. The van der Waals surface area contributed by atoms with Crippen molar-refractivity contribution in [2.24, 2.45) is 5.92 Å². The number of aliphatic hydroxyl groups is 1. The van der Waals surface area contributed by atoms with Crippen molar-refractivity contribution in [1.29, 1.82) is 0 Å². The van der Waals surface area contributed by atoms with Gasteiger partial charge in [0.25, 0.3) is 0 Å². The molecule has 3 N–H and O–H groups in total. The molecular formula is C18H21N5O. The van der Waals surface area contributed by atoms with E-state index in [1.807, 2.05) is 18.2 Å². The molecule has 3 atom stereocenters. The van der Waals surface area contributed by atoms with Gasteiger partial charge in [0.05, 0.1) is 6.10 Å². The highest BCUT2D eigenvalue weighted by molar-refractivity contribution is 5.85. The maximum Gasteiger partial charge on any atom is 0.183 e. The van der Waals surface area contributed by atoms with Crippen molar-refractivity contribution in [3.63, 3.8) is 0 Å². The largest absolute Gasteiger partial charge is 0.393 e. The van der Waals surface area contributed by atoms with Crippen molar-refractivity contribution in [1.82, 2.24) is 19.9 Å². The Labute approximate surface area is 140 Å². The standard InChI is InChI=1S/C18H21N5O/c1-10-5-3-4-6-13(10)16-22-15-17(19-9-20-18(15)23-16)21-12-7-11(2)14(24)8-12/h3-6,9,11-12,14,24H,7-8H2,1-2H3,(H2,19,20,21,22,23)/t11-,12+,14-/m0/s1. The predicted octanol–water partition coefficient (Wildman–Crippen LogP) is 2.90. The lowest BCUT2D eigenvalue weighted by atomic mass is 10.1. The normalized spacial score (nSPS) is 23.7. The minimum Gasteiger partial charge on any atom is -0.393 e. The van der Waals surface area contributed by atoms with E-state index in [4.69, 9.17) is 0 Å². The van der Waals surface area contributed by atoms with E-state index in [0.717, 1.165) is 41.1 Å². The number of aromatic amines is 1. The number of nitrogens with one attached hydrogen (secondary N) is 2. The number of anilines is 1. The number of imidazole rings is 1. The lowest BCUT2D eigenvalue weighted by Crippen LogP contribution is -2.17. The van der Waals surface area contributed by atoms with Gasteiger partial charge in [-0.2, -0.15) is 0 Å². The van der Waals surface area contributed by atoms with E-state index < -0.39 is 0 Å². The summed E-state index contributed by atoms with van der Waals surface area (Å²) in [5.74, 6) is 1.86. The van der Waals surface area contributed by atoms with E-state index in [0.29, 0.717) is 11.6 Å². The molecule has 2 heterocycles. The Hall–Kier alpha value is -2.47. The Bertz CT molecular complexity index is 865. The fourth-order valence-corrected chi connectivity index (χ4v) is 3.44. The Morgan fingerprint density at radius 2 is 2.04 bits per heavy atom. The van der Waals surface area contributed by atoms with Crippen molar-refractivity contribution in [3.05, 3.63) is 36.2 Å². The van der Waals surface area contributed by atoms with Crippen LogP contribution in [-0.2, 0) is 0 Å².